The number of anilines is 1. The van der Waals surface area contributed by atoms with Crippen LogP contribution < -0.4 is 19.5 Å². The predicted molar refractivity (Wildman–Crippen MR) is 178 cm³/mol. The molecule has 13 heteroatoms. The lowest BCUT2D eigenvalue weighted by molar-refractivity contribution is 0.0357. The minimum atomic E-state index is -0.707. The Bertz CT molecular complexity index is 2140. The number of benzene rings is 3. The van der Waals surface area contributed by atoms with Crippen LogP contribution in [0.2, 0.25) is 0 Å². The number of morpholine rings is 1. The third-order valence-electron chi connectivity index (χ3n) is 8.12. The largest absolute Gasteiger partial charge is 0.493 e. The van der Waals surface area contributed by atoms with Gasteiger partial charge < -0.3 is 24.3 Å². The van der Waals surface area contributed by atoms with Gasteiger partial charge in [-0.25, -0.2) is 18.3 Å². The highest BCUT2D eigenvalue weighted by Gasteiger charge is 2.18. The van der Waals surface area contributed by atoms with E-state index in [4.69, 9.17) is 18.9 Å². The number of methoxy groups -OCH3 is 1. The van der Waals surface area contributed by atoms with Crippen LogP contribution in [0.5, 0.6) is 23.0 Å². The zero-order valence-electron chi connectivity index (χ0n) is 26.6. The zero-order valence-corrected chi connectivity index (χ0v) is 26.6. The molecule has 0 saturated carbocycles. The van der Waals surface area contributed by atoms with E-state index < -0.39 is 17.5 Å². The molecule has 49 heavy (non-hydrogen) atoms. The molecule has 0 aliphatic carbocycles. The van der Waals surface area contributed by atoms with Gasteiger partial charge in [0.1, 0.15) is 17.3 Å². The Balaban J connectivity index is 1.06. The van der Waals surface area contributed by atoms with E-state index in [0.29, 0.717) is 46.1 Å². The average molecular weight is 667 g/mol. The van der Waals surface area contributed by atoms with Gasteiger partial charge in [-0.15, -0.1) is 0 Å². The minimum Gasteiger partial charge on any atom is -0.493 e. The number of carbonyl (C=O) groups is 1. The summed E-state index contributed by atoms with van der Waals surface area (Å²) in [5.74, 6) is -0.446. The Morgan fingerprint density at radius 3 is 2.59 bits per heavy atom. The first-order valence-electron chi connectivity index (χ1n) is 15.7. The van der Waals surface area contributed by atoms with Gasteiger partial charge >= 0.3 is 0 Å². The Morgan fingerprint density at radius 2 is 1.78 bits per heavy atom. The molecule has 1 fully saturated rings. The number of fused-ring (bicyclic) bond motifs is 2. The number of hydrogen-bond acceptors (Lipinski definition) is 9. The number of aromatic nitrogens is 4. The zero-order chi connectivity index (χ0) is 33.7. The van der Waals surface area contributed by atoms with Crippen LogP contribution in [0.3, 0.4) is 0 Å². The minimum absolute atomic E-state index is 0.00430. The highest BCUT2D eigenvalue weighted by atomic mass is 19.1. The van der Waals surface area contributed by atoms with Crippen LogP contribution >= 0.6 is 0 Å². The van der Waals surface area contributed by atoms with E-state index >= 15 is 4.39 Å². The molecule has 7 rings (SSSR count). The van der Waals surface area contributed by atoms with Gasteiger partial charge in [0.05, 0.1) is 44.3 Å². The van der Waals surface area contributed by atoms with Crippen molar-refractivity contribution in [3.63, 3.8) is 0 Å². The molecule has 0 bridgehead atoms. The van der Waals surface area contributed by atoms with E-state index in [0.717, 1.165) is 45.3 Å². The van der Waals surface area contributed by atoms with E-state index in [-0.39, 0.29) is 22.7 Å². The number of pyridine rings is 1. The van der Waals surface area contributed by atoms with Crippen molar-refractivity contribution >= 4 is 28.1 Å². The second kappa shape index (κ2) is 14.2. The Kier molecular flexibility index (Phi) is 9.26. The lowest BCUT2D eigenvalue weighted by Gasteiger charge is -2.26. The number of carbonyl (C=O) groups excluding carboxylic acids is 1. The summed E-state index contributed by atoms with van der Waals surface area (Å²) in [6, 6.07) is 18.4. The van der Waals surface area contributed by atoms with Gasteiger partial charge in [0.15, 0.2) is 28.7 Å². The lowest BCUT2D eigenvalue weighted by atomic mass is 10.1. The molecule has 6 aromatic rings. The van der Waals surface area contributed by atoms with E-state index in [2.05, 4.69) is 25.3 Å². The molecule has 1 N–H and O–H groups in total. The summed E-state index contributed by atoms with van der Waals surface area (Å²) in [6.07, 6.45) is 3.92. The SMILES string of the molecule is COc1cc2c(Oc3ccc(NC(=O)c4cc(-c5ccccc5F)n5nccc5n4)cc3F)ccnc2cc1OCCCN1CCOCC1. The predicted octanol–water partition coefficient (Wildman–Crippen LogP) is 6.38. The number of amides is 1. The molecule has 1 aliphatic rings. The number of nitrogens with one attached hydrogen (secondary N) is 1. The number of rotatable bonds is 11. The van der Waals surface area contributed by atoms with Gasteiger partial charge in [-0.1, -0.05) is 12.1 Å². The Hall–Kier alpha value is -5.66. The Labute approximate surface area is 280 Å². The fraction of sp³-hybridized carbons (Fsp3) is 0.222. The fourth-order valence-corrected chi connectivity index (χ4v) is 5.65. The van der Waals surface area contributed by atoms with Crippen LogP contribution in [0.15, 0.2) is 85.2 Å². The van der Waals surface area contributed by atoms with Crippen molar-refractivity contribution in [2.75, 3.05) is 51.9 Å². The van der Waals surface area contributed by atoms with Gasteiger partial charge in [0.25, 0.3) is 5.91 Å². The fourth-order valence-electron chi connectivity index (χ4n) is 5.65. The van der Waals surface area contributed by atoms with E-state index in [1.165, 1.54) is 35.0 Å². The molecule has 1 amide bonds. The Morgan fingerprint density at radius 1 is 0.918 bits per heavy atom. The molecule has 11 nitrogen and oxygen atoms in total. The first kappa shape index (κ1) is 31.9. The number of hydrogen-bond donors (Lipinski definition) is 1. The summed E-state index contributed by atoms with van der Waals surface area (Å²) in [4.78, 5) is 24.4. The van der Waals surface area contributed by atoms with Gasteiger partial charge in [0, 0.05) is 60.7 Å². The standard InChI is InChI=1S/C36H32F2N6O5/c1-46-33-20-25-28(22-34(33)48-16-4-13-43-14-17-47-18-15-43)39-11-9-31(25)49-32-8-7-23(19-27(32)38)41-36(45)29-21-30(24-5-2-3-6-26(24)37)44-35(42-29)10-12-40-44/h2-3,5-12,19-22H,4,13-18H2,1H3,(H,41,45). The highest BCUT2D eigenvalue weighted by Crippen LogP contribution is 2.38. The normalized spacial score (nSPS) is 13.4. The van der Waals surface area contributed by atoms with Crippen molar-refractivity contribution in [1.29, 1.82) is 0 Å². The van der Waals surface area contributed by atoms with Gasteiger partial charge in [0.2, 0.25) is 0 Å². The number of nitrogens with zero attached hydrogens (tertiary/aromatic N) is 5. The molecule has 1 aliphatic heterocycles. The molecule has 250 valence electrons. The highest BCUT2D eigenvalue weighted by molar-refractivity contribution is 6.03. The number of ether oxygens (including phenoxy) is 4. The smallest absolute Gasteiger partial charge is 0.274 e. The third-order valence-corrected chi connectivity index (χ3v) is 8.12. The van der Waals surface area contributed by atoms with Crippen molar-refractivity contribution in [2.45, 2.75) is 6.42 Å². The van der Waals surface area contributed by atoms with Crippen LogP contribution in [0, 0.1) is 11.6 Å². The number of halogens is 2. The third kappa shape index (κ3) is 6.98. The van der Waals surface area contributed by atoms with Crippen LogP contribution in [-0.2, 0) is 4.74 Å². The van der Waals surface area contributed by atoms with Gasteiger partial charge in [-0.3, -0.25) is 14.7 Å². The summed E-state index contributed by atoms with van der Waals surface area (Å²) < 4.78 is 54.5. The van der Waals surface area contributed by atoms with Crippen molar-refractivity contribution in [1.82, 2.24) is 24.5 Å². The summed E-state index contributed by atoms with van der Waals surface area (Å²) in [5.41, 5.74) is 1.72. The summed E-state index contributed by atoms with van der Waals surface area (Å²) in [5, 5.41) is 7.47. The molecular weight excluding hydrogens is 634 g/mol. The van der Waals surface area contributed by atoms with Crippen LogP contribution in [-0.4, -0.2) is 77.0 Å². The van der Waals surface area contributed by atoms with E-state index in [1.807, 2.05) is 0 Å². The van der Waals surface area contributed by atoms with Crippen molar-refractivity contribution < 1.29 is 32.5 Å². The summed E-state index contributed by atoms with van der Waals surface area (Å²) >= 11 is 0. The first-order chi connectivity index (χ1) is 24.0. The van der Waals surface area contributed by atoms with Gasteiger partial charge in [-0.05, 0) is 48.9 Å². The molecule has 3 aromatic carbocycles. The maximum atomic E-state index is 15.4. The average Bonchev–Trinajstić information content (AvgIpc) is 3.60. The quantitative estimate of drug-likeness (QED) is 0.158. The van der Waals surface area contributed by atoms with Crippen LogP contribution in [0.25, 0.3) is 27.8 Å². The molecule has 4 heterocycles. The van der Waals surface area contributed by atoms with Crippen molar-refractivity contribution in [2.24, 2.45) is 0 Å². The van der Waals surface area contributed by atoms with E-state index in [9.17, 15) is 9.18 Å². The molecule has 1 saturated heterocycles. The molecule has 3 aromatic heterocycles. The maximum Gasteiger partial charge on any atom is 0.274 e. The van der Waals surface area contributed by atoms with Crippen molar-refractivity contribution in [3.05, 3.63) is 103 Å². The molecule has 0 unspecified atom stereocenters. The second-order valence-electron chi connectivity index (χ2n) is 11.3. The molecule has 0 atom stereocenters. The topological polar surface area (TPSA) is 112 Å². The molecule has 0 radical (unpaired) electrons. The monoisotopic (exact) mass is 666 g/mol. The summed E-state index contributed by atoms with van der Waals surface area (Å²) in [6.45, 7) is 4.77. The molecular formula is C36H32F2N6O5. The van der Waals surface area contributed by atoms with E-state index in [1.54, 1.807) is 55.8 Å². The summed E-state index contributed by atoms with van der Waals surface area (Å²) in [7, 11) is 1.55. The second-order valence-corrected chi connectivity index (χ2v) is 11.3. The van der Waals surface area contributed by atoms with Gasteiger partial charge in [-0.2, -0.15) is 5.10 Å². The van der Waals surface area contributed by atoms with Crippen LogP contribution in [0.1, 0.15) is 16.9 Å². The lowest BCUT2D eigenvalue weighted by Crippen LogP contribution is -2.37. The van der Waals surface area contributed by atoms with Crippen LogP contribution in [0.4, 0.5) is 14.5 Å². The van der Waals surface area contributed by atoms with Crippen molar-refractivity contribution in [3.8, 4) is 34.3 Å². The molecule has 0 spiro atoms. The first-order valence-corrected chi connectivity index (χ1v) is 15.7. The maximum absolute atomic E-state index is 15.4.